The Bertz CT molecular complexity index is 815. The van der Waals surface area contributed by atoms with Gasteiger partial charge in [0.2, 0.25) is 0 Å². The fourth-order valence-electron chi connectivity index (χ4n) is 2.80. The number of thiophene rings is 1. The second-order valence-electron chi connectivity index (χ2n) is 6.17. The molecule has 0 aromatic carbocycles. The molecule has 2 rings (SSSR count). The van der Waals surface area contributed by atoms with Crippen molar-refractivity contribution in [1.82, 2.24) is 14.9 Å². The van der Waals surface area contributed by atoms with Crippen LogP contribution in [-0.2, 0) is 16.0 Å². The number of nitrogens with one attached hydrogen (secondary N) is 1. The smallest absolute Gasteiger partial charge is 0.348 e. The van der Waals surface area contributed by atoms with Crippen LogP contribution in [0.3, 0.4) is 0 Å². The topological polar surface area (TPSA) is 105 Å². The molecule has 2 heterocycles. The molecule has 0 spiro atoms. The van der Waals surface area contributed by atoms with Gasteiger partial charge in [-0.1, -0.05) is 0 Å². The largest absolute Gasteiger partial charge is 0.465 e. The first kappa shape index (κ1) is 20.5. The highest BCUT2D eigenvalue weighted by atomic mass is 32.1. The number of esters is 1. The van der Waals surface area contributed by atoms with E-state index in [0.717, 1.165) is 17.8 Å². The summed E-state index contributed by atoms with van der Waals surface area (Å²) in [5.74, 6) is 0.0278. The number of aromatic amines is 1. The predicted octanol–water partition coefficient (Wildman–Crippen LogP) is 1.30. The van der Waals surface area contributed by atoms with Crippen LogP contribution in [-0.4, -0.2) is 66.0 Å². The Hall–Kier alpha value is -1.81. The van der Waals surface area contributed by atoms with Crippen molar-refractivity contribution in [1.29, 1.82) is 0 Å². The van der Waals surface area contributed by atoms with Gasteiger partial charge in [-0.2, -0.15) is 0 Å². The van der Waals surface area contributed by atoms with E-state index < -0.39 is 12.1 Å². The third-order valence-electron chi connectivity index (χ3n) is 3.94. The summed E-state index contributed by atoms with van der Waals surface area (Å²) in [5.41, 5.74) is 0.306. The maximum absolute atomic E-state index is 12.5. The van der Waals surface area contributed by atoms with E-state index in [1.54, 1.807) is 21.0 Å². The van der Waals surface area contributed by atoms with Gasteiger partial charge in [-0.3, -0.25) is 9.69 Å². The molecule has 2 N–H and O–H groups in total. The van der Waals surface area contributed by atoms with Gasteiger partial charge in [-0.15, -0.1) is 11.3 Å². The van der Waals surface area contributed by atoms with E-state index in [0.29, 0.717) is 52.7 Å². The van der Waals surface area contributed by atoms with Gasteiger partial charge in [0.1, 0.15) is 15.5 Å². The molecule has 0 unspecified atom stereocenters. The summed E-state index contributed by atoms with van der Waals surface area (Å²) >= 11 is 1.15. The van der Waals surface area contributed by atoms with Gasteiger partial charge >= 0.3 is 5.97 Å². The molecule has 0 radical (unpaired) electrons. The number of aliphatic hydroxyl groups is 1. The summed E-state index contributed by atoms with van der Waals surface area (Å²) in [6, 6.07) is 0. The van der Waals surface area contributed by atoms with Crippen molar-refractivity contribution in [2.75, 3.05) is 33.9 Å². The van der Waals surface area contributed by atoms with E-state index in [1.807, 2.05) is 4.90 Å². The van der Waals surface area contributed by atoms with E-state index >= 15 is 0 Å². The third kappa shape index (κ3) is 4.88. The SMILES string of the molecule is COCCCN(Cc1nc2sc(C(=O)OC)c(C)c2c(=O)[nH]1)C[C@H](C)O. The summed E-state index contributed by atoms with van der Waals surface area (Å²) < 4.78 is 9.83. The zero-order valence-electron chi connectivity index (χ0n) is 15.5. The first-order valence-corrected chi connectivity index (χ1v) is 9.19. The molecule has 8 nitrogen and oxygen atoms in total. The Morgan fingerprint density at radius 1 is 1.42 bits per heavy atom. The molecule has 0 fully saturated rings. The lowest BCUT2D eigenvalue weighted by Crippen LogP contribution is -2.33. The van der Waals surface area contributed by atoms with Gasteiger partial charge < -0.3 is 19.6 Å². The molecule has 0 aliphatic carbocycles. The summed E-state index contributed by atoms with van der Waals surface area (Å²) in [7, 11) is 2.95. The molecule has 1 atom stereocenters. The molecule has 0 bridgehead atoms. The first-order chi connectivity index (χ1) is 12.4. The number of nitrogens with zero attached hydrogens (tertiary/aromatic N) is 2. The van der Waals surface area contributed by atoms with Gasteiger partial charge in [0.15, 0.2) is 0 Å². The van der Waals surface area contributed by atoms with Gasteiger partial charge in [-0.05, 0) is 25.8 Å². The molecule has 0 aliphatic heterocycles. The minimum atomic E-state index is -0.497. The number of aryl methyl sites for hydroxylation is 1. The number of ether oxygens (including phenoxy) is 2. The molecular weight excluding hydrogens is 358 g/mol. The summed E-state index contributed by atoms with van der Waals surface area (Å²) in [5, 5.41) is 10.1. The predicted molar refractivity (Wildman–Crippen MR) is 99.8 cm³/mol. The van der Waals surface area contributed by atoms with E-state index in [2.05, 4.69) is 9.97 Å². The van der Waals surface area contributed by atoms with Crippen LogP contribution in [0.4, 0.5) is 0 Å². The zero-order valence-corrected chi connectivity index (χ0v) is 16.3. The van der Waals surface area contributed by atoms with Crippen molar-refractivity contribution in [3.05, 3.63) is 26.6 Å². The molecule has 0 amide bonds. The van der Waals surface area contributed by atoms with Gasteiger partial charge in [-0.25, -0.2) is 9.78 Å². The molecule has 2 aromatic heterocycles. The number of carbonyl (C=O) groups is 1. The van der Waals surface area contributed by atoms with Crippen LogP contribution in [0.25, 0.3) is 10.2 Å². The number of hydrogen-bond acceptors (Lipinski definition) is 8. The number of aliphatic hydroxyl groups excluding tert-OH is 1. The monoisotopic (exact) mass is 383 g/mol. The zero-order chi connectivity index (χ0) is 19.3. The molecule has 0 aliphatic rings. The Morgan fingerprint density at radius 2 is 2.15 bits per heavy atom. The van der Waals surface area contributed by atoms with Crippen LogP contribution in [0.15, 0.2) is 4.79 Å². The standard InChI is InChI=1S/C17H25N3O5S/c1-10(21)8-20(6-5-7-24-3)9-12-18-15(22)13-11(2)14(17(23)25-4)26-16(13)19-12/h10,21H,5-9H2,1-4H3,(H,18,19,22)/t10-/m0/s1. The van der Waals surface area contributed by atoms with Crippen molar-refractivity contribution in [2.45, 2.75) is 32.9 Å². The highest BCUT2D eigenvalue weighted by Gasteiger charge is 2.20. The number of fused-ring (bicyclic) bond motifs is 1. The molecule has 144 valence electrons. The van der Waals surface area contributed by atoms with Crippen molar-refractivity contribution in [3.8, 4) is 0 Å². The number of hydrogen-bond donors (Lipinski definition) is 2. The average molecular weight is 383 g/mol. The highest BCUT2D eigenvalue weighted by Crippen LogP contribution is 2.27. The van der Waals surface area contributed by atoms with Crippen LogP contribution in [0.5, 0.6) is 0 Å². The van der Waals surface area contributed by atoms with E-state index in [4.69, 9.17) is 9.47 Å². The van der Waals surface area contributed by atoms with Crippen LogP contribution in [0.1, 0.15) is 34.4 Å². The van der Waals surface area contributed by atoms with Crippen LogP contribution < -0.4 is 5.56 Å². The minimum absolute atomic E-state index is 0.275. The maximum Gasteiger partial charge on any atom is 0.348 e. The number of rotatable bonds is 9. The molecule has 9 heteroatoms. The van der Waals surface area contributed by atoms with Gasteiger partial charge in [0.25, 0.3) is 5.56 Å². The number of aromatic nitrogens is 2. The molecule has 0 saturated heterocycles. The van der Waals surface area contributed by atoms with Gasteiger partial charge in [0, 0.05) is 26.8 Å². The Kier molecular flexibility index (Phi) is 7.27. The number of methoxy groups -OCH3 is 2. The number of H-pyrrole nitrogens is 1. The van der Waals surface area contributed by atoms with Crippen LogP contribution in [0, 0.1) is 6.92 Å². The van der Waals surface area contributed by atoms with Crippen molar-refractivity contribution in [2.24, 2.45) is 0 Å². The summed E-state index contributed by atoms with van der Waals surface area (Å²) in [6.45, 7) is 5.61. The van der Waals surface area contributed by atoms with E-state index in [1.165, 1.54) is 7.11 Å². The normalized spacial score (nSPS) is 12.7. The first-order valence-electron chi connectivity index (χ1n) is 8.37. The molecule has 26 heavy (non-hydrogen) atoms. The third-order valence-corrected chi connectivity index (χ3v) is 5.10. The quantitative estimate of drug-likeness (QED) is 0.497. The number of carbonyl (C=O) groups excluding carboxylic acids is 1. The lowest BCUT2D eigenvalue weighted by Gasteiger charge is -2.23. The second kappa shape index (κ2) is 9.22. The van der Waals surface area contributed by atoms with Crippen LogP contribution >= 0.6 is 11.3 Å². The molecular formula is C17H25N3O5S. The van der Waals surface area contributed by atoms with E-state index in [9.17, 15) is 14.7 Å². The summed E-state index contributed by atoms with van der Waals surface area (Å²) in [6.07, 6.45) is 0.309. The lowest BCUT2D eigenvalue weighted by atomic mass is 10.2. The lowest BCUT2D eigenvalue weighted by molar-refractivity contribution is 0.0605. The Labute approximate surface area is 155 Å². The molecule has 0 saturated carbocycles. The minimum Gasteiger partial charge on any atom is -0.465 e. The summed E-state index contributed by atoms with van der Waals surface area (Å²) in [4.78, 5) is 34.5. The Balaban J connectivity index is 2.30. The van der Waals surface area contributed by atoms with Crippen molar-refractivity contribution >= 4 is 27.5 Å². The van der Waals surface area contributed by atoms with Crippen molar-refractivity contribution < 1.29 is 19.4 Å². The Morgan fingerprint density at radius 3 is 2.77 bits per heavy atom. The molecule has 2 aromatic rings. The fourth-order valence-corrected chi connectivity index (χ4v) is 3.92. The van der Waals surface area contributed by atoms with E-state index in [-0.39, 0.29) is 5.56 Å². The van der Waals surface area contributed by atoms with Crippen molar-refractivity contribution in [3.63, 3.8) is 0 Å². The fraction of sp³-hybridized carbons (Fsp3) is 0.588. The van der Waals surface area contributed by atoms with Gasteiger partial charge in [0.05, 0.1) is 25.1 Å². The maximum atomic E-state index is 12.5. The highest BCUT2D eigenvalue weighted by molar-refractivity contribution is 7.20. The average Bonchev–Trinajstić information content (AvgIpc) is 2.91. The second-order valence-corrected chi connectivity index (χ2v) is 7.17. The van der Waals surface area contributed by atoms with Crippen LogP contribution in [0.2, 0.25) is 0 Å².